The molecular formula is C15H14F3NO4. The molecule has 2 rings (SSSR count). The van der Waals surface area contributed by atoms with Gasteiger partial charge in [-0.1, -0.05) is 5.16 Å². The van der Waals surface area contributed by atoms with E-state index in [0.29, 0.717) is 11.5 Å². The molecule has 0 atom stereocenters. The van der Waals surface area contributed by atoms with E-state index < -0.39 is 18.8 Å². The zero-order chi connectivity index (χ0) is 17.0. The number of ether oxygens (including phenoxy) is 2. The van der Waals surface area contributed by atoms with Crippen LogP contribution in [0.25, 0.3) is 0 Å². The second-order valence-electron chi connectivity index (χ2n) is 4.81. The number of alkyl halides is 3. The second-order valence-corrected chi connectivity index (χ2v) is 4.81. The van der Waals surface area contributed by atoms with Crippen LogP contribution in [0.1, 0.15) is 27.4 Å². The second kappa shape index (κ2) is 6.72. The molecule has 0 fully saturated rings. The molecule has 124 valence electrons. The van der Waals surface area contributed by atoms with Crippen LogP contribution < -0.4 is 4.74 Å². The zero-order valence-electron chi connectivity index (χ0n) is 12.4. The van der Waals surface area contributed by atoms with Crippen molar-refractivity contribution in [3.8, 4) is 5.75 Å². The van der Waals surface area contributed by atoms with Gasteiger partial charge in [0.25, 0.3) is 0 Å². The van der Waals surface area contributed by atoms with Gasteiger partial charge in [0.1, 0.15) is 18.1 Å². The number of rotatable bonds is 5. The highest BCUT2D eigenvalue weighted by Gasteiger charge is 2.29. The first-order valence-electron chi connectivity index (χ1n) is 6.65. The maximum Gasteiger partial charge on any atom is 0.422 e. The van der Waals surface area contributed by atoms with E-state index in [-0.39, 0.29) is 12.2 Å². The third-order valence-electron chi connectivity index (χ3n) is 3.02. The molecule has 1 aromatic carbocycles. The largest absolute Gasteiger partial charge is 0.489 e. The Labute approximate surface area is 130 Å². The highest BCUT2D eigenvalue weighted by Crippen LogP contribution is 2.19. The molecule has 1 aromatic heterocycles. The molecule has 0 radical (unpaired) electrons. The number of halogens is 3. The van der Waals surface area contributed by atoms with E-state index in [1.165, 1.54) is 24.3 Å². The summed E-state index contributed by atoms with van der Waals surface area (Å²) in [5.41, 5.74) is 1.55. The van der Waals surface area contributed by atoms with Crippen LogP contribution in [0.3, 0.4) is 0 Å². The Morgan fingerprint density at radius 3 is 2.39 bits per heavy atom. The van der Waals surface area contributed by atoms with E-state index in [0.717, 1.165) is 11.3 Å². The van der Waals surface area contributed by atoms with Crippen LogP contribution in [-0.2, 0) is 11.3 Å². The third-order valence-corrected chi connectivity index (χ3v) is 3.02. The fourth-order valence-corrected chi connectivity index (χ4v) is 1.78. The van der Waals surface area contributed by atoms with E-state index in [1.54, 1.807) is 13.8 Å². The quantitative estimate of drug-likeness (QED) is 0.785. The van der Waals surface area contributed by atoms with Crippen molar-refractivity contribution in [1.82, 2.24) is 5.16 Å². The van der Waals surface area contributed by atoms with Gasteiger partial charge in [-0.3, -0.25) is 0 Å². The number of hydrogen-bond donors (Lipinski definition) is 0. The summed E-state index contributed by atoms with van der Waals surface area (Å²) in [6.07, 6.45) is -4.55. The fourth-order valence-electron chi connectivity index (χ4n) is 1.78. The molecule has 2 aromatic rings. The van der Waals surface area contributed by atoms with Crippen molar-refractivity contribution in [2.45, 2.75) is 26.6 Å². The molecule has 0 bridgehead atoms. The lowest BCUT2D eigenvalue weighted by molar-refractivity contribution is -0.161. The number of nitrogens with zero attached hydrogens (tertiary/aromatic N) is 1. The highest BCUT2D eigenvalue weighted by atomic mass is 19.4. The summed E-state index contributed by atoms with van der Waals surface area (Å²) in [4.78, 5) is 11.5. The topological polar surface area (TPSA) is 61.6 Å². The van der Waals surface area contributed by atoms with Crippen molar-refractivity contribution in [3.05, 3.63) is 46.8 Å². The van der Waals surface area contributed by atoms with Gasteiger partial charge in [0.05, 0.1) is 16.8 Å². The number of aryl methyl sites for hydroxylation is 2. The first-order valence-corrected chi connectivity index (χ1v) is 6.65. The average Bonchev–Trinajstić information content (AvgIpc) is 2.81. The lowest BCUT2D eigenvalue weighted by Crippen LogP contribution is -2.20. The van der Waals surface area contributed by atoms with Gasteiger partial charge in [-0.25, -0.2) is 4.79 Å². The molecule has 0 saturated carbocycles. The summed E-state index contributed by atoms with van der Waals surface area (Å²) in [5, 5.41) is 3.80. The lowest BCUT2D eigenvalue weighted by atomic mass is 10.2. The predicted molar refractivity (Wildman–Crippen MR) is 73.1 cm³/mol. The smallest absolute Gasteiger partial charge is 0.422 e. The molecule has 8 heteroatoms. The van der Waals surface area contributed by atoms with E-state index in [1.807, 2.05) is 0 Å². The molecule has 0 aliphatic heterocycles. The van der Waals surface area contributed by atoms with Gasteiger partial charge >= 0.3 is 12.1 Å². The molecule has 23 heavy (non-hydrogen) atoms. The van der Waals surface area contributed by atoms with Crippen LogP contribution in [0.2, 0.25) is 0 Å². The van der Waals surface area contributed by atoms with Gasteiger partial charge in [-0.05, 0) is 38.1 Å². The van der Waals surface area contributed by atoms with Crippen LogP contribution in [0, 0.1) is 13.8 Å². The molecule has 0 aliphatic carbocycles. The average molecular weight is 329 g/mol. The molecule has 1 heterocycles. The van der Waals surface area contributed by atoms with Crippen molar-refractivity contribution in [3.63, 3.8) is 0 Å². The summed E-state index contributed by atoms with van der Waals surface area (Å²) >= 11 is 0. The highest BCUT2D eigenvalue weighted by molar-refractivity contribution is 5.89. The number of benzene rings is 1. The van der Waals surface area contributed by atoms with Gasteiger partial charge in [0, 0.05) is 0 Å². The van der Waals surface area contributed by atoms with Crippen LogP contribution in [-0.4, -0.2) is 23.9 Å². The van der Waals surface area contributed by atoms with Crippen molar-refractivity contribution < 1.29 is 32.0 Å². The van der Waals surface area contributed by atoms with Gasteiger partial charge in [-0.2, -0.15) is 13.2 Å². The zero-order valence-corrected chi connectivity index (χ0v) is 12.4. The van der Waals surface area contributed by atoms with Gasteiger partial charge in [-0.15, -0.1) is 0 Å². The molecule has 5 nitrogen and oxygen atoms in total. The van der Waals surface area contributed by atoms with E-state index in [4.69, 9.17) is 9.26 Å². The van der Waals surface area contributed by atoms with E-state index >= 15 is 0 Å². The predicted octanol–water partition coefficient (Wildman–Crippen LogP) is 3.59. The minimum Gasteiger partial charge on any atom is -0.489 e. The van der Waals surface area contributed by atoms with E-state index in [9.17, 15) is 18.0 Å². The van der Waals surface area contributed by atoms with Crippen molar-refractivity contribution in [1.29, 1.82) is 0 Å². The van der Waals surface area contributed by atoms with Crippen LogP contribution in [0.5, 0.6) is 5.75 Å². The van der Waals surface area contributed by atoms with Crippen LogP contribution in [0.15, 0.2) is 28.8 Å². The van der Waals surface area contributed by atoms with Crippen molar-refractivity contribution in [2.75, 3.05) is 6.61 Å². The maximum atomic E-state index is 12.0. The Kier molecular flexibility index (Phi) is 4.92. The summed E-state index contributed by atoms with van der Waals surface area (Å²) in [5.74, 6) is 0.0619. The van der Waals surface area contributed by atoms with Gasteiger partial charge < -0.3 is 14.0 Å². The fraction of sp³-hybridized carbons (Fsp3) is 0.333. The summed E-state index contributed by atoms with van der Waals surface area (Å²) < 4.78 is 50.6. The first kappa shape index (κ1) is 16.9. The minimum absolute atomic E-state index is 0.0129. The van der Waals surface area contributed by atoms with Crippen molar-refractivity contribution in [2.24, 2.45) is 0 Å². The number of hydrogen-bond acceptors (Lipinski definition) is 5. The Morgan fingerprint density at radius 1 is 1.22 bits per heavy atom. The Morgan fingerprint density at radius 2 is 1.87 bits per heavy atom. The minimum atomic E-state index is -4.55. The molecule has 0 N–H and O–H groups in total. The number of esters is 1. The Hall–Kier alpha value is -2.51. The van der Waals surface area contributed by atoms with Crippen molar-refractivity contribution >= 4 is 5.97 Å². The molecule has 0 amide bonds. The number of carbonyl (C=O) groups is 1. The summed E-state index contributed by atoms with van der Waals surface area (Å²) in [6.45, 7) is 2.17. The monoisotopic (exact) mass is 329 g/mol. The maximum absolute atomic E-state index is 12.0. The van der Waals surface area contributed by atoms with Gasteiger partial charge in [0.15, 0.2) is 6.61 Å². The lowest BCUT2D eigenvalue weighted by Gasteiger charge is -2.09. The third kappa shape index (κ3) is 4.73. The normalized spacial score (nSPS) is 11.3. The Balaban J connectivity index is 1.93. The molecule has 0 unspecified atom stereocenters. The van der Waals surface area contributed by atoms with Gasteiger partial charge in [0.2, 0.25) is 0 Å². The molecule has 0 aliphatic rings. The first-order chi connectivity index (χ1) is 10.8. The van der Waals surface area contributed by atoms with E-state index in [2.05, 4.69) is 9.89 Å². The summed E-state index contributed by atoms with van der Waals surface area (Å²) in [6, 6.07) is 5.62. The van der Waals surface area contributed by atoms with Crippen LogP contribution in [0.4, 0.5) is 13.2 Å². The summed E-state index contributed by atoms with van der Waals surface area (Å²) in [7, 11) is 0. The Bertz CT molecular complexity index is 658. The van der Waals surface area contributed by atoms with Crippen LogP contribution >= 0.6 is 0 Å². The SMILES string of the molecule is Cc1noc(C)c1COc1ccc(C(=O)OCC(F)(F)F)cc1. The number of carbonyl (C=O) groups excluding carboxylic acids is 1. The molecular weight excluding hydrogens is 315 g/mol. The molecule has 0 saturated heterocycles. The molecule has 0 spiro atoms. The number of aromatic nitrogens is 1. The standard InChI is InChI=1S/C15H14F3NO4/c1-9-13(10(2)23-19-9)7-21-12-5-3-11(4-6-12)14(20)22-8-15(16,17)18/h3-6H,7-8H2,1-2H3.